The largest absolute Gasteiger partial charge is 0.361 e. The van der Waals surface area contributed by atoms with Crippen molar-refractivity contribution in [3.8, 4) is 0 Å². The van der Waals surface area contributed by atoms with Crippen LogP contribution >= 0.6 is 0 Å². The summed E-state index contributed by atoms with van der Waals surface area (Å²) < 4.78 is 5.12. The number of hydrogen-bond acceptors (Lipinski definition) is 4. The fourth-order valence-corrected chi connectivity index (χ4v) is 2.32. The van der Waals surface area contributed by atoms with E-state index >= 15 is 0 Å². The van der Waals surface area contributed by atoms with Crippen LogP contribution < -0.4 is 5.32 Å². The Hall–Kier alpha value is -1.36. The number of nitrogens with zero attached hydrogens (tertiary/aromatic N) is 2. The molecule has 5 heteroatoms. The molecule has 1 aromatic heterocycles. The van der Waals surface area contributed by atoms with Crippen molar-refractivity contribution < 1.29 is 9.32 Å². The normalized spacial score (nSPS) is 17.5. The molecule has 0 aliphatic carbocycles. The first-order valence-electron chi connectivity index (χ1n) is 6.51. The third-order valence-electron chi connectivity index (χ3n) is 3.47. The van der Waals surface area contributed by atoms with Crippen molar-refractivity contribution in [3.05, 3.63) is 17.0 Å². The van der Waals surface area contributed by atoms with Crippen LogP contribution in [0.2, 0.25) is 0 Å². The molecular weight excluding hydrogens is 230 g/mol. The van der Waals surface area contributed by atoms with E-state index in [9.17, 15) is 4.79 Å². The lowest BCUT2D eigenvalue weighted by Gasteiger charge is -2.21. The van der Waals surface area contributed by atoms with Gasteiger partial charge in [-0.3, -0.25) is 4.79 Å². The highest BCUT2D eigenvalue weighted by Gasteiger charge is 2.21. The molecule has 5 nitrogen and oxygen atoms in total. The van der Waals surface area contributed by atoms with Crippen LogP contribution in [0.15, 0.2) is 4.52 Å². The van der Waals surface area contributed by atoms with Crippen LogP contribution in [0.3, 0.4) is 0 Å². The van der Waals surface area contributed by atoms with Crippen LogP contribution in [0, 0.1) is 13.8 Å². The van der Waals surface area contributed by atoms with Crippen molar-refractivity contribution in [2.45, 2.75) is 46.2 Å². The third-order valence-corrected chi connectivity index (χ3v) is 3.47. The Bertz CT molecular complexity index is 408. The quantitative estimate of drug-likeness (QED) is 0.859. The molecule has 18 heavy (non-hydrogen) atoms. The van der Waals surface area contributed by atoms with Crippen molar-refractivity contribution >= 4 is 5.91 Å². The Morgan fingerprint density at radius 2 is 2.28 bits per heavy atom. The van der Waals surface area contributed by atoms with Crippen LogP contribution in [-0.4, -0.2) is 35.1 Å². The van der Waals surface area contributed by atoms with Gasteiger partial charge in [0.2, 0.25) is 5.91 Å². The molecule has 1 atom stereocenters. The van der Waals surface area contributed by atoms with Gasteiger partial charge in [-0.05, 0) is 27.2 Å². The molecule has 0 spiro atoms. The number of amides is 1. The van der Waals surface area contributed by atoms with Gasteiger partial charge >= 0.3 is 0 Å². The van der Waals surface area contributed by atoms with Gasteiger partial charge in [-0.15, -0.1) is 0 Å². The highest BCUT2D eigenvalue weighted by molar-refractivity contribution is 5.78. The second-order valence-electron chi connectivity index (χ2n) is 5.03. The molecule has 0 saturated carbocycles. The molecule has 0 aromatic carbocycles. The standard InChI is InChI=1S/C13H21N3O2/c1-9(8-16-6-4-5-13(16)17)14-7-12-10(2)15-18-11(12)3/h9,14H,4-8H2,1-3H3. The summed E-state index contributed by atoms with van der Waals surface area (Å²) >= 11 is 0. The summed E-state index contributed by atoms with van der Waals surface area (Å²) in [7, 11) is 0. The van der Waals surface area contributed by atoms with Gasteiger partial charge in [0.25, 0.3) is 0 Å². The molecule has 1 fully saturated rings. The maximum absolute atomic E-state index is 11.5. The number of rotatable bonds is 5. The molecule has 1 unspecified atom stereocenters. The molecule has 100 valence electrons. The van der Waals surface area contributed by atoms with Crippen molar-refractivity contribution in [3.63, 3.8) is 0 Å². The van der Waals surface area contributed by atoms with Gasteiger partial charge in [0.05, 0.1) is 5.69 Å². The fourth-order valence-electron chi connectivity index (χ4n) is 2.32. The van der Waals surface area contributed by atoms with Gasteiger partial charge in [0.1, 0.15) is 5.76 Å². The number of carbonyl (C=O) groups is 1. The van der Waals surface area contributed by atoms with E-state index in [-0.39, 0.29) is 11.9 Å². The summed E-state index contributed by atoms with van der Waals surface area (Å²) in [6, 6.07) is 0.278. The summed E-state index contributed by atoms with van der Waals surface area (Å²) in [6.07, 6.45) is 1.70. The van der Waals surface area contributed by atoms with Crippen molar-refractivity contribution in [2.24, 2.45) is 0 Å². The van der Waals surface area contributed by atoms with Gasteiger partial charge in [0, 0.05) is 37.7 Å². The van der Waals surface area contributed by atoms with Crippen molar-refractivity contribution in [1.29, 1.82) is 0 Å². The molecule has 1 amide bonds. The van der Waals surface area contributed by atoms with Crippen LogP contribution in [-0.2, 0) is 11.3 Å². The second kappa shape index (κ2) is 5.52. The lowest BCUT2D eigenvalue weighted by molar-refractivity contribution is -0.127. The summed E-state index contributed by atoms with van der Waals surface area (Å²) in [4.78, 5) is 13.5. The van der Waals surface area contributed by atoms with E-state index in [0.29, 0.717) is 6.42 Å². The number of carbonyl (C=O) groups excluding carboxylic acids is 1. The van der Waals surface area contributed by atoms with E-state index in [1.54, 1.807) is 0 Å². The van der Waals surface area contributed by atoms with E-state index in [0.717, 1.165) is 43.1 Å². The highest BCUT2D eigenvalue weighted by atomic mass is 16.5. The average molecular weight is 251 g/mol. The smallest absolute Gasteiger partial charge is 0.222 e. The molecule has 1 N–H and O–H groups in total. The first-order valence-corrected chi connectivity index (χ1v) is 6.51. The summed E-state index contributed by atoms with van der Waals surface area (Å²) in [5, 5.41) is 7.35. The van der Waals surface area contributed by atoms with Crippen molar-refractivity contribution in [1.82, 2.24) is 15.4 Å². The van der Waals surface area contributed by atoms with Gasteiger partial charge in [-0.25, -0.2) is 0 Å². The van der Waals surface area contributed by atoms with Crippen LogP contribution in [0.1, 0.15) is 36.8 Å². The summed E-state index contributed by atoms with van der Waals surface area (Å²) in [6.45, 7) is 8.39. The second-order valence-corrected chi connectivity index (χ2v) is 5.03. The molecule has 2 heterocycles. The van der Waals surface area contributed by atoms with E-state index < -0.39 is 0 Å². The molecule has 0 bridgehead atoms. The van der Waals surface area contributed by atoms with Crippen molar-refractivity contribution in [2.75, 3.05) is 13.1 Å². The number of hydrogen-bond donors (Lipinski definition) is 1. The average Bonchev–Trinajstić information content (AvgIpc) is 2.85. The molecular formula is C13H21N3O2. The number of nitrogens with one attached hydrogen (secondary N) is 1. The number of aryl methyl sites for hydroxylation is 2. The maximum atomic E-state index is 11.5. The minimum atomic E-state index is 0.278. The Labute approximate surface area is 108 Å². The zero-order chi connectivity index (χ0) is 13.1. The number of aromatic nitrogens is 1. The summed E-state index contributed by atoms with van der Waals surface area (Å²) in [5.41, 5.74) is 2.05. The lowest BCUT2D eigenvalue weighted by atomic mass is 10.2. The molecule has 1 aliphatic rings. The molecule has 0 radical (unpaired) electrons. The molecule has 1 saturated heterocycles. The highest BCUT2D eigenvalue weighted by Crippen LogP contribution is 2.13. The number of likely N-dealkylation sites (tertiary alicyclic amines) is 1. The van der Waals surface area contributed by atoms with E-state index in [2.05, 4.69) is 17.4 Å². The first-order chi connectivity index (χ1) is 8.58. The Morgan fingerprint density at radius 3 is 2.83 bits per heavy atom. The zero-order valence-electron chi connectivity index (χ0n) is 11.3. The fraction of sp³-hybridized carbons (Fsp3) is 0.692. The first kappa shape index (κ1) is 13.1. The molecule has 1 aromatic rings. The van der Waals surface area contributed by atoms with E-state index in [1.165, 1.54) is 0 Å². The van der Waals surface area contributed by atoms with Gasteiger partial charge in [-0.2, -0.15) is 0 Å². The predicted molar refractivity (Wildman–Crippen MR) is 68.1 cm³/mol. The maximum Gasteiger partial charge on any atom is 0.222 e. The monoisotopic (exact) mass is 251 g/mol. The van der Waals surface area contributed by atoms with Crippen LogP contribution in [0.4, 0.5) is 0 Å². The topological polar surface area (TPSA) is 58.4 Å². The minimum Gasteiger partial charge on any atom is -0.361 e. The SMILES string of the molecule is Cc1noc(C)c1CNC(C)CN1CCCC1=O. The van der Waals surface area contributed by atoms with E-state index in [4.69, 9.17) is 4.52 Å². The third kappa shape index (κ3) is 2.90. The van der Waals surface area contributed by atoms with Crippen LogP contribution in [0.5, 0.6) is 0 Å². The van der Waals surface area contributed by atoms with Gasteiger partial charge in [0.15, 0.2) is 0 Å². The predicted octanol–water partition coefficient (Wildman–Crippen LogP) is 1.39. The minimum absolute atomic E-state index is 0.278. The van der Waals surface area contributed by atoms with Crippen LogP contribution in [0.25, 0.3) is 0 Å². The Balaban J connectivity index is 1.81. The summed E-state index contributed by atoms with van der Waals surface area (Å²) in [5.74, 6) is 1.14. The lowest BCUT2D eigenvalue weighted by Crippen LogP contribution is -2.39. The van der Waals surface area contributed by atoms with Gasteiger partial charge < -0.3 is 14.7 Å². The molecule has 2 rings (SSSR count). The Kier molecular flexibility index (Phi) is 4.01. The zero-order valence-corrected chi connectivity index (χ0v) is 11.3. The Morgan fingerprint density at radius 1 is 1.50 bits per heavy atom. The molecule has 1 aliphatic heterocycles. The van der Waals surface area contributed by atoms with Gasteiger partial charge in [-0.1, -0.05) is 5.16 Å². The van der Waals surface area contributed by atoms with E-state index in [1.807, 2.05) is 18.7 Å².